The topological polar surface area (TPSA) is 61.4 Å². The standard InChI is InChI=1S/C15H13IN2O2/c1-15(9-2-5-11(19)6-3-9)12-8-10(16)4-7-13(12)17-14(20)18-15/h2-8,19H,1H3,(H2,17,18,20). The number of hydrogen-bond acceptors (Lipinski definition) is 2. The molecule has 0 radical (unpaired) electrons. The van der Waals surface area contributed by atoms with Gasteiger partial charge in [0.15, 0.2) is 0 Å². The molecule has 1 unspecified atom stereocenters. The van der Waals surface area contributed by atoms with Gasteiger partial charge in [-0.2, -0.15) is 0 Å². The summed E-state index contributed by atoms with van der Waals surface area (Å²) in [7, 11) is 0. The minimum absolute atomic E-state index is 0.209. The number of phenolic OH excluding ortho intramolecular Hbond substituents is 1. The first-order chi connectivity index (χ1) is 9.49. The smallest absolute Gasteiger partial charge is 0.320 e. The summed E-state index contributed by atoms with van der Waals surface area (Å²) in [5.41, 5.74) is 2.12. The SMILES string of the molecule is CC1(c2ccc(O)cc2)NC(=O)Nc2ccc(I)cc21. The van der Waals surface area contributed by atoms with Crippen LogP contribution >= 0.6 is 22.6 Å². The van der Waals surface area contributed by atoms with E-state index in [1.54, 1.807) is 12.1 Å². The van der Waals surface area contributed by atoms with Crippen molar-refractivity contribution in [2.75, 3.05) is 5.32 Å². The highest BCUT2D eigenvalue weighted by Gasteiger charge is 2.36. The molecule has 0 fully saturated rings. The van der Waals surface area contributed by atoms with Crippen LogP contribution in [-0.4, -0.2) is 11.1 Å². The highest BCUT2D eigenvalue weighted by atomic mass is 127. The van der Waals surface area contributed by atoms with Crippen molar-refractivity contribution >= 4 is 34.3 Å². The van der Waals surface area contributed by atoms with Crippen molar-refractivity contribution in [3.8, 4) is 5.75 Å². The van der Waals surface area contributed by atoms with Crippen LogP contribution in [0.15, 0.2) is 42.5 Å². The van der Waals surface area contributed by atoms with Crippen LogP contribution in [0.5, 0.6) is 5.75 Å². The maximum atomic E-state index is 11.9. The molecule has 3 N–H and O–H groups in total. The number of anilines is 1. The molecule has 20 heavy (non-hydrogen) atoms. The summed E-state index contributed by atoms with van der Waals surface area (Å²) in [4.78, 5) is 11.9. The monoisotopic (exact) mass is 380 g/mol. The Labute approximate surface area is 130 Å². The molecule has 5 heteroatoms. The van der Waals surface area contributed by atoms with Gasteiger partial charge in [-0.25, -0.2) is 4.79 Å². The molecule has 2 aromatic rings. The number of hydrogen-bond donors (Lipinski definition) is 3. The minimum atomic E-state index is -0.619. The second kappa shape index (κ2) is 4.66. The first-order valence-electron chi connectivity index (χ1n) is 6.18. The minimum Gasteiger partial charge on any atom is -0.508 e. The summed E-state index contributed by atoms with van der Waals surface area (Å²) in [5, 5.41) is 15.2. The van der Waals surface area contributed by atoms with E-state index in [0.29, 0.717) is 0 Å². The van der Waals surface area contributed by atoms with Crippen molar-refractivity contribution in [3.05, 3.63) is 57.2 Å². The number of halogens is 1. The Morgan fingerprint density at radius 1 is 1.15 bits per heavy atom. The summed E-state index contributed by atoms with van der Waals surface area (Å²) >= 11 is 2.25. The quantitative estimate of drug-likeness (QED) is 0.665. The Hall–Kier alpha value is -1.76. The van der Waals surface area contributed by atoms with Crippen molar-refractivity contribution in [2.45, 2.75) is 12.5 Å². The third-order valence-electron chi connectivity index (χ3n) is 3.58. The van der Waals surface area contributed by atoms with E-state index in [9.17, 15) is 9.90 Å². The van der Waals surface area contributed by atoms with Gasteiger partial charge in [-0.15, -0.1) is 0 Å². The fourth-order valence-corrected chi connectivity index (χ4v) is 3.00. The van der Waals surface area contributed by atoms with Gasteiger partial charge in [0.2, 0.25) is 0 Å². The van der Waals surface area contributed by atoms with E-state index in [1.165, 1.54) is 0 Å². The van der Waals surface area contributed by atoms with Crippen LogP contribution < -0.4 is 10.6 Å². The summed E-state index contributed by atoms with van der Waals surface area (Å²) in [5.74, 6) is 0.209. The van der Waals surface area contributed by atoms with Gasteiger partial charge in [0.25, 0.3) is 0 Å². The van der Waals surface area contributed by atoms with Crippen molar-refractivity contribution in [3.63, 3.8) is 0 Å². The number of aromatic hydroxyl groups is 1. The second-order valence-electron chi connectivity index (χ2n) is 4.94. The summed E-state index contributed by atoms with van der Waals surface area (Å²) in [6.07, 6.45) is 0. The molecule has 1 atom stereocenters. The zero-order valence-corrected chi connectivity index (χ0v) is 12.9. The van der Waals surface area contributed by atoms with Gasteiger partial charge in [0, 0.05) is 14.8 Å². The molecule has 0 saturated heterocycles. The van der Waals surface area contributed by atoms with Gasteiger partial charge < -0.3 is 15.7 Å². The molecule has 1 aliphatic heterocycles. The number of nitrogens with one attached hydrogen (secondary N) is 2. The second-order valence-corrected chi connectivity index (χ2v) is 6.19. The van der Waals surface area contributed by atoms with Gasteiger partial charge in [0.05, 0.1) is 5.54 Å². The lowest BCUT2D eigenvalue weighted by molar-refractivity contribution is 0.242. The fourth-order valence-electron chi connectivity index (χ4n) is 2.51. The molecule has 0 spiro atoms. The summed E-state index contributed by atoms with van der Waals surface area (Å²) < 4.78 is 1.10. The van der Waals surface area contributed by atoms with Crippen molar-refractivity contribution in [1.82, 2.24) is 5.32 Å². The predicted octanol–water partition coefficient (Wildman–Crippen LogP) is 3.40. The Balaban J connectivity index is 2.20. The molecular formula is C15H13IN2O2. The molecule has 0 saturated carbocycles. The van der Waals surface area contributed by atoms with Gasteiger partial charge in [0.1, 0.15) is 5.75 Å². The van der Waals surface area contributed by atoms with Crippen LogP contribution in [0.1, 0.15) is 18.1 Å². The normalized spacial score (nSPS) is 20.8. The lowest BCUT2D eigenvalue weighted by Crippen LogP contribution is -2.50. The van der Waals surface area contributed by atoms with Crippen LogP contribution in [0.4, 0.5) is 10.5 Å². The molecule has 1 heterocycles. The van der Waals surface area contributed by atoms with Gasteiger partial charge >= 0.3 is 6.03 Å². The van der Waals surface area contributed by atoms with Gasteiger partial charge in [-0.05, 0) is 65.4 Å². The van der Waals surface area contributed by atoms with E-state index in [2.05, 4.69) is 39.3 Å². The fraction of sp³-hybridized carbons (Fsp3) is 0.133. The summed E-state index contributed by atoms with van der Waals surface area (Å²) in [6, 6.07) is 12.6. The van der Waals surface area contributed by atoms with Crippen LogP contribution in [0.2, 0.25) is 0 Å². The highest BCUT2D eigenvalue weighted by Crippen LogP contribution is 2.38. The van der Waals surface area contributed by atoms with E-state index >= 15 is 0 Å². The number of carbonyl (C=O) groups excluding carboxylic acids is 1. The van der Waals surface area contributed by atoms with Gasteiger partial charge in [-0.3, -0.25) is 0 Å². The highest BCUT2D eigenvalue weighted by molar-refractivity contribution is 14.1. The molecule has 2 aromatic carbocycles. The van der Waals surface area contributed by atoms with Crippen LogP contribution in [0, 0.1) is 3.57 Å². The first-order valence-corrected chi connectivity index (χ1v) is 7.25. The maximum Gasteiger partial charge on any atom is 0.320 e. The lowest BCUT2D eigenvalue weighted by Gasteiger charge is -2.37. The number of fused-ring (bicyclic) bond motifs is 1. The molecule has 4 nitrogen and oxygen atoms in total. The van der Waals surface area contributed by atoms with E-state index < -0.39 is 5.54 Å². The number of amides is 2. The van der Waals surface area contributed by atoms with Crippen LogP contribution in [0.3, 0.4) is 0 Å². The van der Waals surface area contributed by atoms with Crippen LogP contribution in [-0.2, 0) is 5.54 Å². The van der Waals surface area contributed by atoms with Crippen LogP contribution in [0.25, 0.3) is 0 Å². The van der Waals surface area contributed by atoms with Crippen molar-refractivity contribution in [2.24, 2.45) is 0 Å². The molecule has 3 rings (SSSR count). The zero-order chi connectivity index (χ0) is 14.3. The molecule has 0 bridgehead atoms. The summed E-state index contributed by atoms with van der Waals surface area (Å²) in [6.45, 7) is 1.97. The van der Waals surface area contributed by atoms with E-state index in [4.69, 9.17) is 0 Å². The Morgan fingerprint density at radius 2 is 1.85 bits per heavy atom. The molecule has 0 aromatic heterocycles. The lowest BCUT2D eigenvalue weighted by atomic mass is 9.82. The molecule has 102 valence electrons. The van der Waals surface area contributed by atoms with Gasteiger partial charge in [-0.1, -0.05) is 12.1 Å². The number of benzene rings is 2. The third kappa shape index (κ3) is 2.11. The Bertz CT molecular complexity index is 685. The molecular weight excluding hydrogens is 367 g/mol. The number of phenols is 1. The molecule has 2 amide bonds. The van der Waals surface area contributed by atoms with Crippen molar-refractivity contribution in [1.29, 1.82) is 0 Å². The third-order valence-corrected chi connectivity index (χ3v) is 4.25. The van der Waals surface area contributed by atoms with E-state index in [-0.39, 0.29) is 11.8 Å². The van der Waals surface area contributed by atoms with Crippen molar-refractivity contribution < 1.29 is 9.90 Å². The number of rotatable bonds is 1. The zero-order valence-electron chi connectivity index (χ0n) is 10.8. The molecule has 1 aliphatic rings. The first kappa shape index (κ1) is 13.2. The average Bonchev–Trinajstić information content (AvgIpc) is 2.40. The Kier molecular flexibility index (Phi) is 3.08. The average molecular weight is 380 g/mol. The van der Waals surface area contributed by atoms with E-state index in [1.807, 2.05) is 31.2 Å². The Morgan fingerprint density at radius 3 is 2.55 bits per heavy atom. The predicted molar refractivity (Wildman–Crippen MR) is 85.9 cm³/mol. The molecule has 0 aliphatic carbocycles. The van der Waals surface area contributed by atoms with E-state index in [0.717, 1.165) is 20.4 Å². The number of urea groups is 1. The maximum absolute atomic E-state index is 11.9. The largest absolute Gasteiger partial charge is 0.508 e. The number of carbonyl (C=O) groups is 1.